The molecule has 70 valence electrons. The first kappa shape index (κ1) is 12.0. The monoisotopic (exact) mass is 214 g/mol. The van der Waals surface area contributed by atoms with Gasteiger partial charge in [0, 0.05) is 13.1 Å². The first-order valence-corrected chi connectivity index (χ1v) is 6.11. The van der Waals surface area contributed by atoms with Crippen LogP contribution in [-0.4, -0.2) is 35.4 Å². The van der Waals surface area contributed by atoms with Crippen LogP contribution in [0.1, 0.15) is 0 Å². The summed E-state index contributed by atoms with van der Waals surface area (Å²) >= 11 is 0. The highest BCUT2D eigenvalue weighted by molar-refractivity contribution is 7.38. The van der Waals surface area contributed by atoms with Crippen LogP contribution < -0.4 is 10.6 Å². The van der Waals surface area contributed by atoms with Gasteiger partial charge in [0.1, 0.15) is 0 Å². The SMILES string of the molecule is O=[P+](O)CNCCNC[P+](=O)O. The third-order valence-electron chi connectivity index (χ3n) is 0.973. The normalized spacial score (nSPS) is 12.8. The minimum absolute atomic E-state index is 0.0578. The van der Waals surface area contributed by atoms with Crippen LogP contribution in [0.3, 0.4) is 0 Å². The Morgan fingerprint density at radius 1 is 0.917 bits per heavy atom. The molecule has 0 heterocycles. The Morgan fingerprint density at radius 3 is 1.50 bits per heavy atom. The second-order valence-corrected chi connectivity index (χ2v) is 4.06. The van der Waals surface area contributed by atoms with E-state index >= 15 is 0 Å². The average Bonchev–Trinajstić information content (AvgIpc) is 1.95. The summed E-state index contributed by atoms with van der Waals surface area (Å²) in [6.45, 7) is 1.01. The maximum atomic E-state index is 10.1. The van der Waals surface area contributed by atoms with Gasteiger partial charge < -0.3 is 0 Å². The molecule has 0 aromatic carbocycles. The molecule has 0 aliphatic heterocycles. The summed E-state index contributed by atoms with van der Waals surface area (Å²) in [4.78, 5) is 16.7. The lowest BCUT2D eigenvalue weighted by molar-refractivity contribution is 0.490. The van der Waals surface area contributed by atoms with Crippen LogP contribution >= 0.6 is 16.1 Å². The minimum atomic E-state index is -2.13. The second-order valence-electron chi connectivity index (χ2n) is 2.02. The van der Waals surface area contributed by atoms with Crippen molar-refractivity contribution in [1.29, 1.82) is 0 Å². The molecule has 0 aliphatic rings. The molecule has 0 saturated carbocycles. The molecule has 0 aromatic rings. The quantitative estimate of drug-likeness (QED) is 0.338. The van der Waals surface area contributed by atoms with Crippen molar-refractivity contribution in [2.24, 2.45) is 0 Å². The smallest absolute Gasteiger partial charge is 0.272 e. The zero-order valence-electron chi connectivity index (χ0n) is 6.43. The van der Waals surface area contributed by atoms with Crippen LogP contribution in [0.5, 0.6) is 0 Å². The lowest BCUT2D eigenvalue weighted by atomic mass is 10.6. The summed E-state index contributed by atoms with van der Waals surface area (Å²) in [6.07, 6.45) is 0.116. The number of nitrogens with one attached hydrogen (secondary N) is 2. The standard InChI is InChI=1S/C4H10N2O4P2/c7-11(8)3-5-1-2-6-4-12(9)10/h5-6H,1-4H2/p+2. The Hall–Kier alpha value is 0.0400. The molecule has 12 heavy (non-hydrogen) atoms. The molecule has 0 aromatic heterocycles. The van der Waals surface area contributed by atoms with Gasteiger partial charge in [-0.15, -0.1) is 0 Å². The van der Waals surface area contributed by atoms with Crippen LogP contribution in [0.2, 0.25) is 0 Å². The predicted octanol–water partition coefficient (Wildman–Crippen LogP) is -0.450. The van der Waals surface area contributed by atoms with Crippen LogP contribution in [-0.2, 0) is 9.13 Å². The highest BCUT2D eigenvalue weighted by Crippen LogP contribution is 2.08. The van der Waals surface area contributed by atoms with E-state index in [1.807, 2.05) is 0 Å². The number of rotatable bonds is 7. The Balaban J connectivity index is 3.01. The van der Waals surface area contributed by atoms with Crippen molar-refractivity contribution < 1.29 is 18.9 Å². The fraction of sp³-hybridized carbons (Fsp3) is 1.00. The summed E-state index contributed by atoms with van der Waals surface area (Å²) in [5.41, 5.74) is 0. The molecule has 0 saturated heterocycles. The van der Waals surface area contributed by atoms with Gasteiger partial charge in [0.25, 0.3) is 0 Å². The van der Waals surface area contributed by atoms with Crippen molar-refractivity contribution in [3.05, 3.63) is 0 Å². The Labute approximate surface area is 72.1 Å². The second kappa shape index (κ2) is 7.68. The van der Waals surface area contributed by atoms with Crippen LogP contribution in [0.4, 0.5) is 0 Å². The van der Waals surface area contributed by atoms with Crippen LogP contribution in [0, 0.1) is 0 Å². The first-order chi connectivity index (χ1) is 5.63. The zero-order valence-corrected chi connectivity index (χ0v) is 8.22. The average molecular weight is 214 g/mol. The first-order valence-electron chi connectivity index (χ1n) is 3.31. The third kappa shape index (κ3) is 10.0. The van der Waals surface area contributed by atoms with Gasteiger partial charge in [0.15, 0.2) is 0 Å². The van der Waals surface area contributed by atoms with E-state index in [1.54, 1.807) is 0 Å². The highest BCUT2D eigenvalue weighted by Gasteiger charge is 2.09. The molecule has 0 fully saturated rings. The minimum Gasteiger partial charge on any atom is -0.272 e. The molecule has 0 spiro atoms. The Morgan fingerprint density at radius 2 is 1.25 bits per heavy atom. The Bertz CT molecular complexity index is 147. The zero-order chi connectivity index (χ0) is 9.40. The molecule has 2 unspecified atom stereocenters. The molecule has 2 atom stereocenters. The van der Waals surface area contributed by atoms with Gasteiger partial charge in [0.05, 0.1) is 0 Å². The largest absolute Gasteiger partial charge is 0.521 e. The molecule has 6 nitrogen and oxygen atoms in total. The van der Waals surface area contributed by atoms with Crippen molar-refractivity contribution in [2.45, 2.75) is 0 Å². The van der Waals surface area contributed by atoms with Crippen molar-refractivity contribution >= 4 is 16.1 Å². The lowest BCUT2D eigenvalue weighted by Crippen LogP contribution is -2.26. The lowest BCUT2D eigenvalue weighted by Gasteiger charge is -1.95. The van der Waals surface area contributed by atoms with Crippen molar-refractivity contribution in [3.8, 4) is 0 Å². The number of hydrogen-bond donors (Lipinski definition) is 4. The van der Waals surface area contributed by atoms with E-state index in [1.165, 1.54) is 0 Å². The molecule has 0 amide bonds. The highest BCUT2D eigenvalue weighted by atomic mass is 31.1. The van der Waals surface area contributed by atoms with Crippen molar-refractivity contribution in [3.63, 3.8) is 0 Å². The third-order valence-corrected chi connectivity index (χ3v) is 1.96. The van der Waals surface area contributed by atoms with E-state index in [0.717, 1.165) is 0 Å². The van der Waals surface area contributed by atoms with Gasteiger partial charge >= 0.3 is 16.1 Å². The fourth-order valence-electron chi connectivity index (χ4n) is 0.526. The fourth-order valence-corrected chi connectivity index (χ4v) is 1.22. The number of hydrogen-bond acceptors (Lipinski definition) is 4. The Kier molecular flexibility index (Phi) is 7.70. The molecule has 0 radical (unpaired) electrons. The van der Waals surface area contributed by atoms with Gasteiger partial charge in [-0.2, -0.15) is 9.79 Å². The van der Waals surface area contributed by atoms with Gasteiger partial charge in [-0.25, -0.2) is 0 Å². The van der Waals surface area contributed by atoms with Crippen molar-refractivity contribution in [2.75, 3.05) is 25.7 Å². The molecule has 8 heteroatoms. The summed E-state index contributed by atoms with van der Waals surface area (Å²) < 4.78 is 20.2. The van der Waals surface area contributed by atoms with Gasteiger partial charge in [0.2, 0.25) is 12.6 Å². The summed E-state index contributed by atoms with van der Waals surface area (Å²) in [5, 5.41) is 5.37. The van der Waals surface area contributed by atoms with E-state index < -0.39 is 16.1 Å². The molecular formula is C4H12N2O4P2+2. The molecule has 0 rings (SSSR count). The summed E-state index contributed by atoms with van der Waals surface area (Å²) in [5.74, 6) is 0. The molecular weight excluding hydrogens is 202 g/mol. The van der Waals surface area contributed by atoms with E-state index in [-0.39, 0.29) is 12.6 Å². The van der Waals surface area contributed by atoms with Gasteiger partial charge in [-0.05, 0) is 9.13 Å². The maximum Gasteiger partial charge on any atom is 0.521 e. The predicted molar refractivity (Wildman–Crippen MR) is 45.4 cm³/mol. The van der Waals surface area contributed by atoms with E-state index in [4.69, 9.17) is 9.79 Å². The van der Waals surface area contributed by atoms with Crippen molar-refractivity contribution in [1.82, 2.24) is 10.6 Å². The molecule has 0 aliphatic carbocycles. The van der Waals surface area contributed by atoms with Crippen LogP contribution in [0.25, 0.3) is 0 Å². The van der Waals surface area contributed by atoms with Gasteiger partial charge in [-0.1, -0.05) is 0 Å². The summed E-state index contributed by atoms with van der Waals surface area (Å²) in [7, 11) is -4.26. The van der Waals surface area contributed by atoms with Gasteiger partial charge in [-0.3, -0.25) is 10.6 Å². The molecule has 0 bridgehead atoms. The summed E-state index contributed by atoms with van der Waals surface area (Å²) in [6, 6.07) is 0. The topological polar surface area (TPSA) is 98.7 Å². The van der Waals surface area contributed by atoms with E-state index in [2.05, 4.69) is 10.6 Å². The van der Waals surface area contributed by atoms with Crippen LogP contribution in [0.15, 0.2) is 0 Å². The molecule has 4 N–H and O–H groups in total. The maximum absolute atomic E-state index is 10.1. The van der Waals surface area contributed by atoms with E-state index in [0.29, 0.717) is 13.1 Å². The van der Waals surface area contributed by atoms with E-state index in [9.17, 15) is 9.13 Å².